The highest BCUT2D eigenvalue weighted by Gasteiger charge is 2.06. The molecule has 92 valence electrons. The number of nitrogens with two attached hydrogens (primary N) is 1. The van der Waals surface area contributed by atoms with Crippen molar-refractivity contribution in [1.29, 1.82) is 0 Å². The second-order valence-electron chi connectivity index (χ2n) is 4.05. The third-order valence-electron chi connectivity index (χ3n) is 2.61. The van der Waals surface area contributed by atoms with Crippen LogP contribution in [0.3, 0.4) is 0 Å². The Kier molecular flexibility index (Phi) is 3.53. The van der Waals surface area contributed by atoms with Crippen molar-refractivity contribution in [2.24, 2.45) is 5.73 Å². The van der Waals surface area contributed by atoms with Gasteiger partial charge in [0, 0.05) is 11.6 Å². The van der Waals surface area contributed by atoms with Crippen LogP contribution in [-0.2, 0) is 6.54 Å². The molecule has 2 N–H and O–H groups in total. The van der Waals surface area contributed by atoms with Gasteiger partial charge in [0.25, 0.3) is 5.56 Å². The van der Waals surface area contributed by atoms with Crippen molar-refractivity contribution >= 4 is 17.2 Å². The van der Waals surface area contributed by atoms with Gasteiger partial charge in [-0.15, -0.1) is 0 Å². The number of hydrogen-bond acceptors (Lipinski definition) is 3. The summed E-state index contributed by atoms with van der Waals surface area (Å²) in [6.45, 7) is 2.20. The number of thiocarbonyl (C=S) groups is 1. The summed E-state index contributed by atoms with van der Waals surface area (Å²) in [5, 5.41) is 4.09. The van der Waals surface area contributed by atoms with Crippen molar-refractivity contribution in [2.75, 3.05) is 0 Å². The highest BCUT2D eigenvalue weighted by Crippen LogP contribution is 2.09. The Labute approximate surface area is 110 Å². The van der Waals surface area contributed by atoms with Gasteiger partial charge in [-0.3, -0.25) is 4.79 Å². The van der Waals surface area contributed by atoms with E-state index in [-0.39, 0.29) is 5.56 Å². The number of aryl methyl sites for hydroxylation is 1. The van der Waals surface area contributed by atoms with Crippen molar-refractivity contribution < 1.29 is 0 Å². The van der Waals surface area contributed by atoms with E-state index in [2.05, 4.69) is 5.10 Å². The topological polar surface area (TPSA) is 60.9 Å². The number of rotatable bonds is 3. The van der Waals surface area contributed by atoms with E-state index in [1.807, 2.05) is 31.2 Å². The minimum absolute atomic E-state index is 0.132. The number of benzene rings is 1. The zero-order chi connectivity index (χ0) is 13.1. The molecule has 1 heterocycles. The molecule has 0 aliphatic carbocycles. The van der Waals surface area contributed by atoms with Gasteiger partial charge in [-0.05, 0) is 18.1 Å². The van der Waals surface area contributed by atoms with Gasteiger partial charge < -0.3 is 5.73 Å². The van der Waals surface area contributed by atoms with Gasteiger partial charge >= 0.3 is 0 Å². The van der Waals surface area contributed by atoms with Gasteiger partial charge in [0.2, 0.25) is 0 Å². The van der Waals surface area contributed by atoms with E-state index in [1.165, 1.54) is 4.68 Å². The molecule has 0 spiro atoms. The maximum Gasteiger partial charge on any atom is 0.267 e. The third kappa shape index (κ3) is 2.62. The highest BCUT2D eigenvalue weighted by atomic mass is 32.1. The van der Waals surface area contributed by atoms with Gasteiger partial charge in [-0.1, -0.05) is 36.5 Å². The minimum atomic E-state index is -0.132. The molecule has 0 atom stereocenters. The van der Waals surface area contributed by atoms with Crippen LogP contribution in [0.5, 0.6) is 0 Å². The fraction of sp³-hybridized carbons (Fsp3) is 0.154. The summed E-state index contributed by atoms with van der Waals surface area (Å²) in [5.41, 5.74) is 8.04. The molecule has 0 unspecified atom stereocenters. The molecule has 0 bridgehead atoms. The Hall–Kier alpha value is -2.01. The molecule has 0 radical (unpaired) electrons. The molecule has 0 saturated heterocycles. The average Bonchev–Trinajstić information content (AvgIpc) is 2.33. The highest BCUT2D eigenvalue weighted by molar-refractivity contribution is 7.80. The summed E-state index contributed by atoms with van der Waals surface area (Å²) in [6, 6.07) is 9.04. The maximum absolute atomic E-state index is 11.8. The normalized spacial score (nSPS) is 10.3. The monoisotopic (exact) mass is 259 g/mol. The predicted molar refractivity (Wildman–Crippen MR) is 74.7 cm³/mol. The van der Waals surface area contributed by atoms with Gasteiger partial charge in [-0.2, -0.15) is 5.10 Å². The van der Waals surface area contributed by atoms with E-state index >= 15 is 0 Å². The molecule has 4 nitrogen and oxygen atoms in total. The fourth-order valence-corrected chi connectivity index (χ4v) is 1.90. The first-order valence-corrected chi connectivity index (χ1v) is 5.90. The second kappa shape index (κ2) is 5.10. The van der Waals surface area contributed by atoms with Crippen LogP contribution < -0.4 is 11.3 Å². The lowest BCUT2D eigenvalue weighted by atomic mass is 10.1. The van der Waals surface area contributed by atoms with Crippen molar-refractivity contribution in [3.05, 3.63) is 63.6 Å². The zero-order valence-electron chi connectivity index (χ0n) is 9.96. The molecule has 2 aromatic rings. The molecule has 18 heavy (non-hydrogen) atoms. The summed E-state index contributed by atoms with van der Waals surface area (Å²) in [5.74, 6) is 0. The molecule has 0 amide bonds. The average molecular weight is 259 g/mol. The molecule has 0 aliphatic rings. The van der Waals surface area contributed by atoms with E-state index in [4.69, 9.17) is 18.0 Å². The quantitative estimate of drug-likeness (QED) is 0.842. The molecule has 1 aromatic carbocycles. The van der Waals surface area contributed by atoms with E-state index < -0.39 is 0 Å². The Bertz CT molecular complexity index is 649. The largest absolute Gasteiger partial charge is 0.389 e. The van der Waals surface area contributed by atoms with Crippen molar-refractivity contribution in [3.63, 3.8) is 0 Å². The van der Waals surface area contributed by atoms with Crippen LogP contribution in [0.2, 0.25) is 0 Å². The molecule has 0 saturated carbocycles. The molecular weight excluding hydrogens is 246 g/mol. The molecule has 2 rings (SSSR count). The standard InChI is InChI=1S/C13H13N3OS/c1-9-6-12(17)16(15-7-9)8-10-4-2-3-5-11(10)13(14)18/h2-7H,8H2,1H3,(H2,14,18). The Balaban J connectivity index is 2.40. The van der Waals surface area contributed by atoms with E-state index in [9.17, 15) is 4.79 Å². The van der Waals surface area contributed by atoms with Crippen LogP contribution in [0, 0.1) is 6.92 Å². The molecule has 1 aromatic heterocycles. The van der Waals surface area contributed by atoms with E-state index in [0.29, 0.717) is 11.5 Å². The summed E-state index contributed by atoms with van der Waals surface area (Å²) in [6.07, 6.45) is 1.66. The van der Waals surface area contributed by atoms with Crippen molar-refractivity contribution in [3.8, 4) is 0 Å². The first kappa shape index (κ1) is 12.4. The zero-order valence-corrected chi connectivity index (χ0v) is 10.8. The molecule has 0 fully saturated rings. The van der Waals surface area contributed by atoms with Crippen LogP contribution >= 0.6 is 12.2 Å². The van der Waals surface area contributed by atoms with Crippen LogP contribution in [0.4, 0.5) is 0 Å². The molecule has 5 heteroatoms. The lowest BCUT2D eigenvalue weighted by Crippen LogP contribution is -2.24. The smallest absolute Gasteiger partial charge is 0.267 e. The van der Waals surface area contributed by atoms with Crippen molar-refractivity contribution in [2.45, 2.75) is 13.5 Å². The Morgan fingerprint density at radius 1 is 1.44 bits per heavy atom. The number of aromatic nitrogens is 2. The third-order valence-corrected chi connectivity index (χ3v) is 2.83. The van der Waals surface area contributed by atoms with Gasteiger partial charge in [-0.25, -0.2) is 4.68 Å². The molecular formula is C13H13N3OS. The van der Waals surface area contributed by atoms with Gasteiger partial charge in [0.15, 0.2) is 0 Å². The summed E-state index contributed by atoms with van der Waals surface area (Å²) in [7, 11) is 0. The van der Waals surface area contributed by atoms with Crippen molar-refractivity contribution in [1.82, 2.24) is 9.78 Å². The predicted octanol–water partition coefficient (Wildman–Crippen LogP) is 1.23. The van der Waals surface area contributed by atoms with E-state index in [0.717, 1.165) is 16.7 Å². The van der Waals surface area contributed by atoms with Crippen LogP contribution in [0.15, 0.2) is 41.3 Å². The summed E-state index contributed by atoms with van der Waals surface area (Å²) < 4.78 is 1.39. The van der Waals surface area contributed by atoms with E-state index in [1.54, 1.807) is 12.3 Å². The Morgan fingerprint density at radius 2 is 2.17 bits per heavy atom. The lowest BCUT2D eigenvalue weighted by Gasteiger charge is -2.09. The minimum Gasteiger partial charge on any atom is -0.389 e. The lowest BCUT2D eigenvalue weighted by molar-refractivity contribution is 0.635. The summed E-state index contributed by atoms with van der Waals surface area (Å²) in [4.78, 5) is 12.1. The van der Waals surface area contributed by atoms with Gasteiger partial charge in [0.05, 0.1) is 12.7 Å². The second-order valence-corrected chi connectivity index (χ2v) is 4.49. The van der Waals surface area contributed by atoms with Gasteiger partial charge in [0.1, 0.15) is 4.99 Å². The SMILES string of the molecule is Cc1cnn(Cc2ccccc2C(N)=S)c(=O)c1. The fourth-order valence-electron chi connectivity index (χ4n) is 1.70. The number of nitrogens with zero attached hydrogens (tertiary/aromatic N) is 2. The first-order valence-electron chi connectivity index (χ1n) is 5.49. The number of hydrogen-bond donors (Lipinski definition) is 1. The van der Waals surface area contributed by atoms with Crippen LogP contribution in [0.25, 0.3) is 0 Å². The molecule has 0 aliphatic heterocycles. The van der Waals surface area contributed by atoms with Crippen LogP contribution in [0.1, 0.15) is 16.7 Å². The maximum atomic E-state index is 11.8. The Morgan fingerprint density at radius 3 is 2.83 bits per heavy atom. The van der Waals surface area contributed by atoms with Crippen LogP contribution in [-0.4, -0.2) is 14.8 Å². The first-order chi connectivity index (χ1) is 8.58. The summed E-state index contributed by atoms with van der Waals surface area (Å²) >= 11 is 4.99.